The largest absolute Gasteiger partial charge is 0.400 e. The summed E-state index contributed by atoms with van der Waals surface area (Å²) in [6, 6.07) is 0. The molecule has 4 fully saturated rings. The molecule has 0 spiro atoms. The molecule has 0 heterocycles. The molecular formula is C27H50O2. The van der Waals surface area contributed by atoms with E-state index in [0.29, 0.717) is 10.8 Å². The van der Waals surface area contributed by atoms with E-state index >= 15 is 0 Å². The zero-order chi connectivity index (χ0) is 21.2. The van der Waals surface area contributed by atoms with Crippen molar-refractivity contribution in [3.63, 3.8) is 0 Å². The van der Waals surface area contributed by atoms with Crippen molar-refractivity contribution < 1.29 is 10.2 Å². The van der Waals surface area contributed by atoms with Gasteiger partial charge in [0.25, 0.3) is 0 Å². The average molecular weight is 407 g/mol. The molecule has 8 atom stereocenters. The van der Waals surface area contributed by atoms with Gasteiger partial charge in [0, 0.05) is 7.11 Å². The maximum Gasteiger partial charge on any atom is 0.0543 e. The molecule has 4 aliphatic rings. The van der Waals surface area contributed by atoms with Gasteiger partial charge in [-0.1, -0.05) is 47.0 Å². The highest BCUT2D eigenvalue weighted by Crippen LogP contribution is 2.67. The maximum absolute atomic E-state index is 10.2. The summed E-state index contributed by atoms with van der Waals surface area (Å²) in [5.41, 5.74) is 1.19. The Balaban J connectivity index is 0.00000117. The summed E-state index contributed by atoms with van der Waals surface area (Å²) in [6.45, 7) is 10.1. The predicted octanol–water partition coefficient (Wildman–Crippen LogP) is 6.83. The van der Waals surface area contributed by atoms with E-state index in [2.05, 4.69) is 27.7 Å². The van der Waals surface area contributed by atoms with E-state index in [1.54, 1.807) is 0 Å². The number of fused-ring (bicyclic) bond motifs is 5. The first-order valence-corrected chi connectivity index (χ1v) is 13.0. The van der Waals surface area contributed by atoms with Gasteiger partial charge < -0.3 is 10.2 Å². The van der Waals surface area contributed by atoms with Crippen molar-refractivity contribution in [2.24, 2.45) is 46.3 Å². The van der Waals surface area contributed by atoms with Crippen LogP contribution in [0.25, 0.3) is 0 Å². The van der Waals surface area contributed by atoms with Crippen LogP contribution in [0, 0.1) is 46.3 Å². The highest BCUT2D eigenvalue weighted by atomic mass is 16.3. The lowest BCUT2D eigenvalue weighted by molar-refractivity contribution is -0.127. The zero-order valence-electron chi connectivity index (χ0n) is 20.1. The van der Waals surface area contributed by atoms with Gasteiger partial charge in [0.15, 0.2) is 0 Å². The standard InChI is InChI=1S/C26H46O.CH4O/c1-18(2)7-5-6-8-19-10-12-23-22-11-9-20-17-21(27)13-15-26(20,4)24(22)14-16-25(19,23)3;1-2/h18-24,27H,5-17H2,1-4H3;2H,1H3. The molecule has 0 aromatic carbocycles. The monoisotopic (exact) mass is 406 g/mol. The van der Waals surface area contributed by atoms with E-state index in [1.165, 1.54) is 70.6 Å². The lowest BCUT2D eigenvalue weighted by Crippen LogP contribution is -2.53. The summed E-state index contributed by atoms with van der Waals surface area (Å²) in [5.74, 6) is 5.66. The Morgan fingerprint density at radius 2 is 1.52 bits per heavy atom. The van der Waals surface area contributed by atoms with E-state index in [4.69, 9.17) is 5.11 Å². The smallest absolute Gasteiger partial charge is 0.0543 e. The van der Waals surface area contributed by atoms with Gasteiger partial charge in [-0.25, -0.2) is 0 Å². The molecule has 0 radical (unpaired) electrons. The van der Waals surface area contributed by atoms with Gasteiger partial charge in [-0.2, -0.15) is 0 Å². The summed E-state index contributed by atoms with van der Waals surface area (Å²) in [7, 11) is 1.00. The Morgan fingerprint density at radius 1 is 0.828 bits per heavy atom. The first-order valence-electron chi connectivity index (χ1n) is 13.0. The minimum absolute atomic E-state index is 0.00446. The Hall–Kier alpha value is -0.0800. The van der Waals surface area contributed by atoms with Gasteiger partial charge in [-0.3, -0.25) is 0 Å². The number of hydrogen-bond acceptors (Lipinski definition) is 2. The van der Waals surface area contributed by atoms with Gasteiger partial charge in [0.05, 0.1) is 6.10 Å². The predicted molar refractivity (Wildman–Crippen MR) is 123 cm³/mol. The summed E-state index contributed by atoms with van der Waals surface area (Å²) >= 11 is 0. The minimum Gasteiger partial charge on any atom is -0.400 e. The topological polar surface area (TPSA) is 40.5 Å². The maximum atomic E-state index is 10.2. The molecule has 0 bridgehead atoms. The summed E-state index contributed by atoms with van der Waals surface area (Å²) in [6.07, 6.45) is 18.2. The molecule has 2 N–H and O–H groups in total. The van der Waals surface area contributed by atoms with Crippen LogP contribution in [0.3, 0.4) is 0 Å². The van der Waals surface area contributed by atoms with E-state index < -0.39 is 0 Å². The van der Waals surface area contributed by atoms with Crippen LogP contribution in [0.4, 0.5) is 0 Å². The van der Waals surface area contributed by atoms with Gasteiger partial charge in [-0.05, 0) is 111 Å². The molecule has 2 heteroatoms. The van der Waals surface area contributed by atoms with Crippen LogP contribution in [0.15, 0.2) is 0 Å². The molecule has 0 saturated heterocycles. The fourth-order valence-corrected chi connectivity index (χ4v) is 8.76. The van der Waals surface area contributed by atoms with Gasteiger partial charge in [-0.15, -0.1) is 0 Å². The number of aliphatic hydroxyl groups is 2. The molecule has 170 valence electrons. The highest BCUT2D eigenvalue weighted by molar-refractivity contribution is 5.09. The first-order chi connectivity index (χ1) is 13.8. The lowest BCUT2D eigenvalue weighted by atomic mass is 9.44. The third kappa shape index (κ3) is 4.45. The Kier molecular flexibility index (Phi) is 7.80. The Bertz CT molecular complexity index is 517. The summed E-state index contributed by atoms with van der Waals surface area (Å²) < 4.78 is 0. The van der Waals surface area contributed by atoms with Crippen molar-refractivity contribution in [2.75, 3.05) is 7.11 Å². The molecule has 0 amide bonds. The van der Waals surface area contributed by atoms with Gasteiger partial charge >= 0.3 is 0 Å². The molecule has 0 aromatic rings. The quantitative estimate of drug-likeness (QED) is 0.491. The minimum atomic E-state index is -0.00446. The first kappa shape index (κ1) is 23.6. The van der Waals surface area contributed by atoms with Crippen molar-refractivity contribution in [1.29, 1.82) is 0 Å². The average Bonchev–Trinajstić information content (AvgIpc) is 3.03. The second kappa shape index (κ2) is 9.60. The zero-order valence-corrected chi connectivity index (χ0v) is 20.1. The normalized spacial score (nSPS) is 46.3. The fraction of sp³-hybridized carbons (Fsp3) is 1.00. The van der Waals surface area contributed by atoms with E-state index in [0.717, 1.165) is 55.5 Å². The Morgan fingerprint density at radius 3 is 2.24 bits per heavy atom. The van der Waals surface area contributed by atoms with Crippen LogP contribution in [0.2, 0.25) is 0 Å². The van der Waals surface area contributed by atoms with Crippen molar-refractivity contribution in [3.05, 3.63) is 0 Å². The van der Waals surface area contributed by atoms with E-state index in [1.807, 2.05) is 0 Å². The Labute approximate surface area is 181 Å². The van der Waals surface area contributed by atoms with Crippen molar-refractivity contribution in [1.82, 2.24) is 0 Å². The van der Waals surface area contributed by atoms with Crippen LogP contribution in [0.1, 0.15) is 111 Å². The number of aliphatic hydroxyl groups excluding tert-OH is 2. The third-order valence-electron chi connectivity index (χ3n) is 10.4. The highest BCUT2D eigenvalue weighted by Gasteiger charge is 2.59. The molecule has 4 rings (SSSR count). The fourth-order valence-electron chi connectivity index (χ4n) is 8.76. The molecule has 8 unspecified atom stereocenters. The molecule has 4 aliphatic carbocycles. The van der Waals surface area contributed by atoms with Crippen molar-refractivity contribution >= 4 is 0 Å². The van der Waals surface area contributed by atoms with E-state index in [-0.39, 0.29) is 6.10 Å². The second-order valence-corrected chi connectivity index (χ2v) is 12.1. The van der Waals surface area contributed by atoms with Crippen LogP contribution in [-0.4, -0.2) is 23.4 Å². The van der Waals surface area contributed by atoms with Crippen LogP contribution < -0.4 is 0 Å². The van der Waals surface area contributed by atoms with E-state index in [9.17, 15) is 5.11 Å². The summed E-state index contributed by atoms with van der Waals surface area (Å²) in [5, 5.41) is 17.2. The molecule has 2 nitrogen and oxygen atoms in total. The lowest BCUT2D eigenvalue weighted by Gasteiger charge is -2.61. The van der Waals surface area contributed by atoms with Crippen LogP contribution in [0.5, 0.6) is 0 Å². The molecule has 0 aliphatic heterocycles. The van der Waals surface area contributed by atoms with Crippen LogP contribution in [-0.2, 0) is 0 Å². The molecule has 4 saturated carbocycles. The molecule has 29 heavy (non-hydrogen) atoms. The van der Waals surface area contributed by atoms with Gasteiger partial charge in [0.2, 0.25) is 0 Å². The van der Waals surface area contributed by atoms with Crippen molar-refractivity contribution in [2.45, 2.75) is 117 Å². The molecular weight excluding hydrogens is 356 g/mol. The van der Waals surface area contributed by atoms with Crippen LogP contribution >= 0.6 is 0 Å². The van der Waals surface area contributed by atoms with Crippen molar-refractivity contribution in [3.8, 4) is 0 Å². The third-order valence-corrected chi connectivity index (χ3v) is 10.4. The number of hydrogen-bond donors (Lipinski definition) is 2. The van der Waals surface area contributed by atoms with Gasteiger partial charge in [0.1, 0.15) is 0 Å². The molecule has 0 aromatic heterocycles. The number of unbranched alkanes of at least 4 members (excludes halogenated alkanes) is 1. The second-order valence-electron chi connectivity index (χ2n) is 12.1. The SMILES string of the molecule is CC(C)CCCCC1CCC2C3CCC4CC(O)CCC4(C)C3CCC12C.CO. The summed E-state index contributed by atoms with van der Waals surface area (Å²) in [4.78, 5) is 0. The number of rotatable bonds is 5.